The van der Waals surface area contributed by atoms with Crippen molar-refractivity contribution in [2.24, 2.45) is 0 Å². The Morgan fingerprint density at radius 3 is 2.81 bits per heavy atom. The average Bonchev–Trinajstić information content (AvgIpc) is 2.48. The van der Waals surface area contributed by atoms with Gasteiger partial charge in [-0.1, -0.05) is 0 Å². The van der Waals surface area contributed by atoms with Crippen LogP contribution in [0.5, 0.6) is 0 Å². The lowest BCUT2D eigenvalue weighted by Gasteiger charge is -2.35. The Hall–Kier alpha value is -1.90. The second kappa shape index (κ2) is 7.21. The minimum atomic E-state index is -0.0181. The molecule has 0 saturated carbocycles. The summed E-state index contributed by atoms with van der Waals surface area (Å²) in [5.74, 6) is -0.0181. The van der Waals surface area contributed by atoms with E-state index in [1.807, 2.05) is 7.05 Å². The molecule has 1 heterocycles. The minimum Gasteiger partial charge on any atom is -0.325 e. The normalized spacial score (nSPS) is 19.2. The quantitative estimate of drug-likeness (QED) is 0.912. The van der Waals surface area contributed by atoms with Crippen molar-refractivity contribution in [1.29, 1.82) is 5.26 Å². The van der Waals surface area contributed by atoms with Gasteiger partial charge in [-0.25, -0.2) is 0 Å². The highest BCUT2D eigenvalue weighted by Crippen LogP contribution is 2.14. The second-order valence-corrected chi connectivity index (χ2v) is 5.71. The Balaban J connectivity index is 1.84. The molecule has 0 bridgehead atoms. The van der Waals surface area contributed by atoms with Crippen LogP contribution in [-0.2, 0) is 4.79 Å². The van der Waals surface area contributed by atoms with E-state index in [1.165, 1.54) is 6.42 Å². The Morgan fingerprint density at radius 1 is 1.48 bits per heavy atom. The van der Waals surface area contributed by atoms with Crippen LogP contribution < -0.4 is 5.32 Å². The molecule has 1 amide bonds. The van der Waals surface area contributed by atoms with Crippen LogP contribution in [0.1, 0.15) is 18.4 Å². The van der Waals surface area contributed by atoms with Gasteiger partial charge in [-0.2, -0.15) is 5.26 Å². The lowest BCUT2D eigenvalue weighted by Crippen LogP contribution is -2.47. The number of likely N-dealkylation sites (N-methyl/N-ethyl adjacent to an activating group) is 2. The number of rotatable bonds is 4. The topological polar surface area (TPSA) is 59.4 Å². The number of hydrogen-bond donors (Lipinski definition) is 1. The molecule has 1 saturated heterocycles. The highest BCUT2D eigenvalue weighted by atomic mass is 16.2. The lowest BCUT2D eigenvalue weighted by molar-refractivity contribution is -0.117. The SMILES string of the molecule is CN1CCCC(N(C)CC(=O)Nc2ccc(C#N)cc2)C1. The molecule has 1 aromatic rings. The molecule has 1 aliphatic rings. The van der Waals surface area contributed by atoms with Gasteiger partial charge in [0.05, 0.1) is 18.2 Å². The van der Waals surface area contributed by atoms with Crippen LogP contribution in [-0.4, -0.2) is 55.5 Å². The first-order valence-electron chi connectivity index (χ1n) is 7.27. The van der Waals surface area contributed by atoms with E-state index in [9.17, 15) is 4.79 Å². The van der Waals surface area contributed by atoms with Crippen molar-refractivity contribution in [2.75, 3.05) is 39.0 Å². The molecule has 1 N–H and O–H groups in total. The highest BCUT2D eigenvalue weighted by Gasteiger charge is 2.22. The molecule has 21 heavy (non-hydrogen) atoms. The van der Waals surface area contributed by atoms with Gasteiger partial charge in [0, 0.05) is 18.3 Å². The molecule has 1 atom stereocenters. The number of nitriles is 1. The summed E-state index contributed by atoms with van der Waals surface area (Å²) in [5.41, 5.74) is 1.32. The van der Waals surface area contributed by atoms with E-state index in [-0.39, 0.29) is 5.91 Å². The van der Waals surface area contributed by atoms with Crippen LogP contribution in [0.2, 0.25) is 0 Å². The number of carbonyl (C=O) groups is 1. The van der Waals surface area contributed by atoms with Crippen LogP contribution in [0, 0.1) is 11.3 Å². The molecule has 0 radical (unpaired) electrons. The fraction of sp³-hybridized carbons (Fsp3) is 0.500. The summed E-state index contributed by atoms with van der Waals surface area (Å²) in [5, 5.41) is 11.6. The van der Waals surface area contributed by atoms with Gasteiger partial charge in [0.1, 0.15) is 0 Å². The standard InChI is InChI=1S/C16H22N4O/c1-19-9-3-4-15(11-19)20(2)12-16(21)18-14-7-5-13(10-17)6-8-14/h5-8,15H,3-4,9,11-12H2,1-2H3,(H,18,21). The van der Waals surface area contributed by atoms with Crippen LogP contribution in [0.15, 0.2) is 24.3 Å². The van der Waals surface area contributed by atoms with Gasteiger partial charge in [0.25, 0.3) is 0 Å². The van der Waals surface area contributed by atoms with E-state index >= 15 is 0 Å². The number of piperidine rings is 1. The molecule has 1 aromatic carbocycles. The number of likely N-dealkylation sites (tertiary alicyclic amines) is 1. The minimum absolute atomic E-state index is 0.0181. The van der Waals surface area contributed by atoms with Crippen molar-refractivity contribution in [3.8, 4) is 6.07 Å². The maximum absolute atomic E-state index is 12.1. The summed E-state index contributed by atoms with van der Waals surface area (Å²) in [7, 11) is 4.12. The molecule has 5 nitrogen and oxygen atoms in total. The second-order valence-electron chi connectivity index (χ2n) is 5.71. The van der Waals surface area contributed by atoms with Gasteiger partial charge >= 0.3 is 0 Å². The zero-order chi connectivity index (χ0) is 15.2. The third kappa shape index (κ3) is 4.55. The van der Waals surface area contributed by atoms with Crippen LogP contribution in [0.25, 0.3) is 0 Å². The fourth-order valence-electron chi connectivity index (χ4n) is 2.68. The third-order valence-electron chi connectivity index (χ3n) is 3.91. The van der Waals surface area contributed by atoms with Crippen molar-refractivity contribution in [1.82, 2.24) is 9.80 Å². The van der Waals surface area contributed by atoms with Crippen LogP contribution >= 0.6 is 0 Å². The smallest absolute Gasteiger partial charge is 0.238 e. The van der Waals surface area contributed by atoms with E-state index in [2.05, 4.69) is 28.2 Å². The molecule has 0 aliphatic carbocycles. The highest BCUT2D eigenvalue weighted by molar-refractivity contribution is 5.92. The number of nitrogens with one attached hydrogen (secondary N) is 1. The van der Waals surface area contributed by atoms with E-state index in [0.29, 0.717) is 18.2 Å². The first-order valence-corrected chi connectivity index (χ1v) is 7.27. The number of hydrogen-bond acceptors (Lipinski definition) is 4. The first kappa shape index (κ1) is 15.5. The number of carbonyl (C=O) groups excluding carboxylic acids is 1. The van der Waals surface area contributed by atoms with E-state index in [1.54, 1.807) is 24.3 Å². The van der Waals surface area contributed by atoms with Crippen molar-refractivity contribution in [3.05, 3.63) is 29.8 Å². The maximum atomic E-state index is 12.1. The first-order chi connectivity index (χ1) is 10.1. The maximum Gasteiger partial charge on any atom is 0.238 e. The summed E-state index contributed by atoms with van der Waals surface area (Å²) in [4.78, 5) is 16.5. The molecule has 5 heteroatoms. The van der Waals surface area contributed by atoms with Crippen LogP contribution in [0.4, 0.5) is 5.69 Å². The van der Waals surface area contributed by atoms with E-state index < -0.39 is 0 Å². The molecule has 1 fully saturated rings. The largest absolute Gasteiger partial charge is 0.325 e. The van der Waals surface area contributed by atoms with Gasteiger partial charge in [0.2, 0.25) is 5.91 Å². The molecule has 112 valence electrons. The Labute approximate surface area is 126 Å². The molecular formula is C16H22N4O. The van der Waals surface area contributed by atoms with Gasteiger partial charge in [0.15, 0.2) is 0 Å². The van der Waals surface area contributed by atoms with Crippen molar-refractivity contribution < 1.29 is 4.79 Å². The zero-order valence-corrected chi connectivity index (χ0v) is 12.7. The fourth-order valence-corrected chi connectivity index (χ4v) is 2.68. The van der Waals surface area contributed by atoms with E-state index in [4.69, 9.17) is 5.26 Å². The van der Waals surface area contributed by atoms with Gasteiger partial charge in [-0.15, -0.1) is 0 Å². The van der Waals surface area contributed by atoms with E-state index in [0.717, 1.165) is 25.2 Å². The Morgan fingerprint density at radius 2 is 2.19 bits per heavy atom. The lowest BCUT2D eigenvalue weighted by atomic mass is 10.1. The summed E-state index contributed by atoms with van der Waals surface area (Å²) < 4.78 is 0. The number of nitrogens with zero attached hydrogens (tertiary/aromatic N) is 3. The summed E-state index contributed by atoms with van der Waals surface area (Å²) in [6.07, 6.45) is 2.33. The molecule has 0 aromatic heterocycles. The van der Waals surface area contributed by atoms with Crippen molar-refractivity contribution in [2.45, 2.75) is 18.9 Å². The molecule has 1 unspecified atom stereocenters. The predicted molar refractivity (Wildman–Crippen MR) is 82.9 cm³/mol. The van der Waals surface area contributed by atoms with Crippen LogP contribution in [0.3, 0.4) is 0 Å². The Kier molecular flexibility index (Phi) is 5.32. The van der Waals surface area contributed by atoms with Crippen molar-refractivity contribution in [3.63, 3.8) is 0 Å². The predicted octanol–water partition coefficient (Wildman–Crippen LogP) is 1.52. The summed E-state index contributed by atoms with van der Waals surface area (Å²) in [6.45, 7) is 2.54. The van der Waals surface area contributed by atoms with Crippen molar-refractivity contribution >= 4 is 11.6 Å². The molecular weight excluding hydrogens is 264 g/mol. The molecule has 0 spiro atoms. The van der Waals surface area contributed by atoms with Gasteiger partial charge in [-0.05, 0) is 57.7 Å². The third-order valence-corrected chi connectivity index (χ3v) is 3.91. The summed E-state index contributed by atoms with van der Waals surface area (Å²) >= 11 is 0. The van der Waals surface area contributed by atoms with Gasteiger partial charge < -0.3 is 10.2 Å². The zero-order valence-electron chi connectivity index (χ0n) is 12.7. The Bertz CT molecular complexity index is 520. The molecule has 2 rings (SSSR count). The summed E-state index contributed by atoms with van der Waals surface area (Å²) in [6, 6.07) is 9.42. The number of benzene rings is 1. The number of anilines is 1. The van der Waals surface area contributed by atoms with Gasteiger partial charge in [-0.3, -0.25) is 9.69 Å². The number of amides is 1. The monoisotopic (exact) mass is 286 g/mol. The average molecular weight is 286 g/mol. The molecule has 1 aliphatic heterocycles.